The third-order valence-corrected chi connectivity index (χ3v) is 2.61. The van der Waals surface area contributed by atoms with Crippen LogP contribution in [-0.4, -0.2) is 41.0 Å². The minimum absolute atomic E-state index is 0.0571. The van der Waals surface area contributed by atoms with Crippen molar-refractivity contribution < 1.29 is 14.7 Å². The zero-order chi connectivity index (χ0) is 12.9. The second-order valence-electron chi connectivity index (χ2n) is 4.39. The first-order chi connectivity index (χ1) is 7.31. The maximum atomic E-state index is 11.9. The molecule has 0 heterocycles. The van der Waals surface area contributed by atoms with Crippen molar-refractivity contribution in [2.24, 2.45) is 17.6 Å². The normalized spacial score (nSPS) is 14.6. The molecule has 0 fully saturated rings. The molecule has 0 aromatic rings. The molecule has 0 saturated carbocycles. The number of nitrogens with zero attached hydrogens (tertiary/aromatic N) is 1. The molecule has 0 bridgehead atoms. The maximum Gasteiger partial charge on any atom is 0.308 e. The Balaban J connectivity index is 4.50. The van der Waals surface area contributed by atoms with Gasteiger partial charge in [0.1, 0.15) is 0 Å². The summed E-state index contributed by atoms with van der Waals surface area (Å²) in [5.41, 5.74) is 5.75. The zero-order valence-corrected chi connectivity index (χ0v) is 10.4. The summed E-state index contributed by atoms with van der Waals surface area (Å²) < 4.78 is 0. The smallest absolute Gasteiger partial charge is 0.308 e. The van der Waals surface area contributed by atoms with Gasteiger partial charge < -0.3 is 15.7 Å². The summed E-state index contributed by atoms with van der Waals surface area (Å²) in [6.45, 7) is 7.84. The molecule has 5 nitrogen and oxygen atoms in total. The first kappa shape index (κ1) is 14.9. The van der Waals surface area contributed by atoms with Crippen LogP contribution < -0.4 is 5.73 Å². The molecule has 0 radical (unpaired) electrons. The molecule has 0 aromatic carbocycles. The minimum Gasteiger partial charge on any atom is -0.481 e. The number of rotatable bonds is 6. The number of carbonyl (C=O) groups is 2. The molecular weight excluding hydrogens is 208 g/mol. The zero-order valence-electron chi connectivity index (χ0n) is 10.4. The number of aliphatic carboxylic acids is 1. The van der Waals surface area contributed by atoms with Gasteiger partial charge in [-0.2, -0.15) is 0 Å². The van der Waals surface area contributed by atoms with Gasteiger partial charge in [0.2, 0.25) is 5.91 Å². The highest BCUT2D eigenvalue weighted by molar-refractivity contribution is 5.82. The molecule has 16 heavy (non-hydrogen) atoms. The van der Waals surface area contributed by atoms with Gasteiger partial charge in [-0.25, -0.2) is 0 Å². The summed E-state index contributed by atoms with van der Waals surface area (Å²) >= 11 is 0. The molecule has 0 aliphatic rings. The lowest BCUT2D eigenvalue weighted by Gasteiger charge is -2.27. The van der Waals surface area contributed by atoms with E-state index in [1.807, 2.05) is 20.8 Å². The predicted octanol–water partition coefficient (Wildman–Crippen LogP) is 0.539. The van der Waals surface area contributed by atoms with Gasteiger partial charge in [0.25, 0.3) is 0 Å². The van der Waals surface area contributed by atoms with Crippen LogP contribution in [0.1, 0.15) is 27.7 Å². The third kappa shape index (κ3) is 4.18. The van der Waals surface area contributed by atoms with Crippen molar-refractivity contribution in [3.63, 3.8) is 0 Å². The molecule has 2 atom stereocenters. The number of carboxylic acid groups (broad SMARTS) is 1. The number of amides is 1. The summed E-state index contributed by atoms with van der Waals surface area (Å²) in [5, 5.41) is 8.79. The fourth-order valence-corrected chi connectivity index (χ4v) is 1.28. The Morgan fingerprint density at radius 3 is 2.12 bits per heavy atom. The highest BCUT2D eigenvalue weighted by Crippen LogP contribution is 2.06. The van der Waals surface area contributed by atoms with Crippen LogP contribution in [0.5, 0.6) is 0 Å². The summed E-state index contributed by atoms with van der Waals surface area (Å²) in [5.74, 6) is -1.58. The third-order valence-electron chi connectivity index (χ3n) is 2.61. The monoisotopic (exact) mass is 230 g/mol. The quantitative estimate of drug-likeness (QED) is 0.697. The van der Waals surface area contributed by atoms with Crippen molar-refractivity contribution >= 4 is 11.9 Å². The molecule has 94 valence electrons. The Bertz CT molecular complexity index is 254. The van der Waals surface area contributed by atoms with Crippen LogP contribution in [0.4, 0.5) is 0 Å². The van der Waals surface area contributed by atoms with Gasteiger partial charge in [0, 0.05) is 13.1 Å². The average molecular weight is 230 g/mol. The fourth-order valence-electron chi connectivity index (χ4n) is 1.28. The standard InChI is InChI=1S/C11H22N2O3/c1-5-13(6-8(4)11(15)16)10(14)9(12)7(2)3/h7-9H,5-6,12H2,1-4H3,(H,15,16)/t8?,9-/m0/s1. The summed E-state index contributed by atoms with van der Waals surface area (Å²) in [6.07, 6.45) is 0. The second-order valence-corrected chi connectivity index (χ2v) is 4.39. The number of carboxylic acids is 1. The van der Waals surface area contributed by atoms with Crippen molar-refractivity contribution in [2.75, 3.05) is 13.1 Å². The molecule has 3 N–H and O–H groups in total. The lowest BCUT2D eigenvalue weighted by Crippen LogP contribution is -2.48. The van der Waals surface area contributed by atoms with Crippen molar-refractivity contribution in [3.05, 3.63) is 0 Å². The van der Waals surface area contributed by atoms with E-state index < -0.39 is 17.9 Å². The maximum absolute atomic E-state index is 11.9. The summed E-state index contributed by atoms with van der Waals surface area (Å²) in [7, 11) is 0. The number of nitrogens with two attached hydrogens (primary N) is 1. The summed E-state index contributed by atoms with van der Waals surface area (Å²) in [4.78, 5) is 24.1. The van der Waals surface area contributed by atoms with Crippen LogP contribution >= 0.6 is 0 Å². The van der Waals surface area contributed by atoms with E-state index in [2.05, 4.69) is 0 Å². The van der Waals surface area contributed by atoms with Crippen molar-refractivity contribution in [3.8, 4) is 0 Å². The molecule has 0 spiro atoms. The van der Waals surface area contributed by atoms with Crippen molar-refractivity contribution in [1.29, 1.82) is 0 Å². The van der Waals surface area contributed by atoms with E-state index >= 15 is 0 Å². The van der Waals surface area contributed by atoms with Crippen molar-refractivity contribution in [2.45, 2.75) is 33.7 Å². The van der Waals surface area contributed by atoms with Crippen LogP contribution in [0.3, 0.4) is 0 Å². The molecule has 0 aliphatic heterocycles. The van der Waals surface area contributed by atoms with Gasteiger partial charge in [0.15, 0.2) is 0 Å². The highest BCUT2D eigenvalue weighted by Gasteiger charge is 2.25. The van der Waals surface area contributed by atoms with Gasteiger partial charge >= 0.3 is 5.97 Å². The highest BCUT2D eigenvalue weighted by atomic mass is 16.4. The van der Waals surface area contributed by atoms with E-state index in [-0.39, 0.29) is 18.4 Å². The Morgan fingerprint density at radius 1 is 1.31 bits per heavy atom. The largest absolute Gasteiger partial charge is 0.481 e. The number of likely N-dealkylation sites (N-methyl/N-ethyl adjacent to an activating group) is 1. The molecule has 5 heteroatoms. The van der Waals surface area contributed by atoms with E-state index in [1.165, 1.54) is 4.90 Å². The van der Waals surface area contributed by atoms with E-state index in [9.17, 15) is 9.59 Å². The number of hydrogen-bond acceptors (Lipinski definition) is 3. The van der Waals surface area contributed by atoms with E-state index in [0.717, 1.165) is 0 Å². The Labute approximate surface area is 96.6 Å². The first-order valence-corrected chi connectivity index (χ1v) is 5.58. The lowest BCUT2D eigenvalue weighted by molar-refractivity contribution is -0.143. The van der Waals surface area contributed by atoms with Crippen LogP contribution in [0, 0.1) is 11.8 Å². The van der Waals surface area contributed by atoms with Gasteiger partial charge in [-0.3, -0.25) is 9.59 Å². The topological polar surface area (TPSA) is 83.6 Å². The molecule has 0 saturated heterocycles. The first-order valence-electron chi connectivity index (χ1n) is 5.58. The van der Waals surface area contributed by atoms with Gasteiger partial charge in [-0.05, 0) is 12.8 Å². The summed E-state index contributed by atoms with van der Waals surface area (Å²) in [6, 6.07) is -0.555. The molecule has 0 aromatic heterocycles. The van der Waals surface area contributed by atoms with Crippen LogP contribution in [-0.2, 0) is 9.59 Å². The number of carbonyl (C=O) groups excluding carboxylic acids is 1. The van der Waals surface area contributed by atoms with Gasteiger partial charge in [-0.1, -0.05) is 20.8 Å². The second kappa shape index (κ2) is 6.48. The van der Waals surface area contributed by atoms with Crippen LogP contribution in [0.25, 0.3) is 0 Å². The van der Waals surface area contributed by atoms with Gasteiger partial charge in [-0.15, -0.1) is 0 Å². The van der Waals surface area contributed by atoms with E-state index in [0.29, 0.717) is 6.54 Å². The number of hydrogen-bond donors (Lipinski definition) is 2. The SMILES string of the molecule is CCN(CC(C)C(=O)O)C(=O)[C@@H](N)C(C)C. The van der Waals surface area contributed by atoms with Crippen LogP contribution in [0.2, 0.25) is 0 Å². The Kier molecular flexibility index (Phi) is 6.03. The molecule has 1 unspecified atom stereocenters. The average Bonchev–Trinajstić information content (AvgIpc) is 2.22. The Morgan fingerprint density at radius 2 is 1.81 bits per heavy atom. The molecule has 0 rings (SSSR count). The van der Waals surface area contributed by atoms with E-state index in [1.54, 1.807) is 6.92 Å². The fraction of sp³-hybridized carbons (Fsp3) is 0.818. The molecule has 0 aliphatic carbocycles. The molecule has 1 amide bonds. The minimum atomic E-state index is -0.899. The molecular formula is C11H22N2O3. The lowest BCUT2D eigenvalue weighted by atomic mass is 10.0. The van der Waals surface area contributed by atoms with Gasteiger partial charge in [0.05, 0.1) is 12.0 Å². The van der Waals surface area contributed by atoms with Crippen molar-refractivity contribution in [1.82, 2.24) is 4.90 Å². The van der Waals surface area contributed by atoms with Crippen LogP contribution in [0.15, 0.2) is 0 Å². The predicted molar refractivity (Wildman–Crippen MR) is 61.9 cm³/mol. The Hall–Kier alpha value is -1.10. The van der Waals surface area contributed by atoms with E-state index in [4.69, 9.17) is 10.8 Å².